The third kappa shape index (κ3) is 4.65. The molecule has 0 saturated heterocycles. The molecular weight excluding hydrogens is 552 g/mol. The summed E-state index contributed by atoms with van der Waals surface area (Å²) in [6.07, 6.45) is 1.63. The lowest BCUT2D eigenvalue weighted by Gasteiger charge is -2.45. The number of amides is 1. The van der Waals surface area contributed by atoms with Crippen LogP contribution in [0.15, 0.2) is 76.5 Å². The van der Waals surface area contributed by atoms with E-state index in [-0.39, 0.29) is 23.0 Å². The Bertz CT molecular complexity index is 1850. The maximum absolute atomic E-state index is 13.9. The lowest BCUT2D eigenvalue weighted by molar-refractivity contribution is -0.131. The molecule has 2 aliphatic heterocycles. The molecule has 0 saturated carbocycles. The number of hydrogen-bond acceptors (Lipinski definition) is 7. The molecule has 1 amide bonds. The molecule has 0 spiro atoms. The first-order valence-corrected chi connectivity index (χ1v) is 13.6. The van der Waals surface area contributed by atoms with E-state index in [1.807, 2.05) is 49.4 Å². The molecule has 3 heterocycles. The van der Waals surface area contributed by atoms with Crippen LogP contribution in [0.4, 0.5) is 14.5 Å². The zero-order chi connectivity index (χ0) is 28.9. The molecule has 41 heavy (non-hydrogen) atoms. The molecule has 2 aliphatic rings. The smallest absolute Gasteiger partial charge is 0.387 e. The zero-order valence-corrected chi connectivity index (χ0v) is 23.1. The number of rotatable bonds is 6. The molecule has 11 heteroatoms. The second kappa shape index (κ2) is 10.2. The number of benzene rings is 3. The van der Waals surface area contributed by atoms with Crippen molar-refractivity contribution in [3.8, 4) is 17.2 Å². The number of thiazole rings is 1. The number of halogens is 2. The van der Waals surface area contributed by atoms with E-state index in [9.17, 15) is 18.4 Å². The first-order chi connectivity index (χ1) is 19.7. The van der Waals surface area contributed by atoms with Crippen molar-refractivity contribution in [3.05, 3.63) is 103 Å². The van der Waals surface area contributed by atoms with Crippen molar-refractivity contribution in [2.45, 2.75) is 32.2 Å². The van der Waals surface area contributed by atoms with Crippen LogP contribution in [0.1, 0.15) is 29.7 Å². The van der Waals surface area contributed by atoms with Gasteiger partial charge in [0.25, 0.3) is 5.56 Å². The maximum Gasteiger partial charge on any atom is 0.387 e. The highest BCUT2D eigenvalue weighted by molar-refractivity contribution is 7.07. The van der Waals surface area contributed by atoms with E-state index in [1.54, 1.807) is 29.7 Å². The Hall–Kier alpha value is -4.51. The van der Waals surface area contributed by atoms with Gasteiger partial charge in [0.2, 0.25) is 11.6 Å². The van der Waals surface area contributed by atoms with Gasteiger partial charge in [-0.05, 0) is 55.3 Å². The SMILES string of the molecule is COc1cc(/C=c2\sc3n(c2=O)[C@H]2c4ccccc4O[C@](C)(N=3)[C@@H]2C(=O)Nc2ccccc2C)ccc1OC(F)F. The summed E-state index contributed by atoms with van der Waals surface area (Å²) < 4.78 is 43.5. The number of alkyl halides is 2. The largest absolute Gasteiger partial charge is 0.493 e. The van der Waals surface area contributed by atoms with E-state index < -0.39 is 24.3 Å². The Morgan fingerprint density at radius 3 is 2.66 bits per heavy atom. The number of anilines is 1. The van der Waals surface area contributed by atoms with E-state index in [2.05, 4.69) is 10.1 Å². The van der Waals surface area contributed by atoms with Crippen molar-refractivity contribution < 1.29 is 27.8 Å². The normalized spacial score (nSPS) is 20.9. The number of hydrogen-bond donors (Lipinski definition) is 1. The molecule has 0 fully saturated rings. The highest BCUT2D eigenvalue weighted by Gasteiger charge is 2.55. The third-order valence-corrected chi connectivity index (χ3v) is 8.25. The Labute approximate surface area is 237 Å². The second-order valence-corrected chi connectivity index (χ2v) is 10.9. The van der Waals surface area contributed by atoms with Gasteiger partial charge in [-0.3, -0.25) is 14.2 Å². The fourth-order valence-corrected chi connectivity index (χ4v) is 6.48. The number of methoxy groups -OCH3 is 1. The number of fused-ring (bicyclic) bond motifs is 6. The summed E-state index contributed by atoms with van der Waals surface area (Å²) in [4.78, 5) is 33.1. The molecule has 2 bridgehead atoms. The summed E-state index contributed by atoms with van der Waals surface area (Å²) in [5, 5.41) is 3.01. The van der Waals surface area contributed by atoms with E-state index in [4.69, 9.17) is 14.5 Å². The molecule has 210 valence electrons. The van der Waals surface area contributed by atoms with Gasteiger partial charge in [-0.2, -0.15) is 8.78 Å². The van der Waals surface area contributed by atoms with Crippen LogP contribution < -0.4 is 34.4 Å². The quantitative estimate of drug-likeness (QED) is 0.370. The van der Waals surface area contributed by atoms with Crippen LogP contribution in [0, 0.1) is 12.8 Å². The van der Waals surface area contributed by atoms with E-state index in [1.165, 1.54) is 19.2 Å². The number of aryl methyl sites for hydroxylation is 1. The van der Waals surface area contributed by atoms with Crippen LogP contribution in [0.2, 0.25) is 0 Å². The fourth-order valence-electron chi connectivity index (χ4n) is 5.39. The highest BCUT2D eigenvalue weighted by Crippen LogP contribution is 2.47. The predicted octanol–water partition coefficient (Wildman–Crippen LogP) is 4.24. The molecule has 3 aromatic carbocycles. The van der Waals surface area contributed by atoms with E-state index in [0.29, 0.717) is 31.9 Å². The van der Waals surface area contributed by atoms with Gasteiger partial charge in [0.05, 0.1) is 17.7 Å². The minimum absolute atomic E-state index is 0.101. The number of nitrogens with zero attached hydrogens (tertiary/aromatic N) is 2. The van der Waals surface area contributed by atoms with Gasteiger partial charge >= 0.3 is 6.61 Å². The van der Waals surface area contributed by atoms with Crippen molar-refractivity contribution in [1.82, 2.24) is 4.57 Å². The highest BCUT2D eigenvalue weighted by atomic mass is 32.1. The van der Waals surface area contributed by atoms with E-state index >= 15 is 0 Å². The minimum Gasteiger partial charge on any atom is -0.493 e. The zero-order valence-electron chi connectivity index (χ0n) is 22.3. The van der Waals surface area contributed by atoms with Crippen LogP contribution in [0.25, 0.3) is 6.08 Å². The topological polar surface area (TPSA) is 91.2 Å². The number of ether oxygens (including phenoxy) is 3. The summed E-state index contributed by atoms with van der Waals surface area (Å²) in [5.74, 6) is -0.634. The molecule has 0 aliphatic carbocycles. The Morgan fingerprint density at radius 1 is 1.15 bits per heavy atom. The van der Waals surface area contributed by atoms with Crippen molar-refractivity contribution in [3.63, 3.8) is 0 Å². The number of nitrogens with one attached hydrogen (secondary N) is 1. The average molecular weight is 578 g/mol. The molecule has 0 radical (unpaired) electrons. The van der Waals surface area contributed by atoms with Crippen molar-refractivity contribution in [2.75, 3.05) is 12.4 Å². The van der Waals surface area contributed by atoms with Gasteiger partial charge in [0, 0.05) is 11.3 Å². The monoisotopic (exact) mass is 577 g/mol. The molecule has 4 aromatic rings. The number of carbonyl (C=O) groups is 1. The standard InChI is InChI=1S/C30H25F2N3O5S/c1-16-8-4-6-10-19(16)33-26(36)24-25-18-9-5-7-11-20(18)40-30(24,2)34-29-35(25)27(37)23(41-29)15-17-12-13-21(39-28(31)32)22(14-17)38-3/h4-15,24-25,28H,1-3H3,(H,33,36)/b23-15-/t24-,25-,30-/m0/s1. The molecule has 6 rings (SSSR count). The molecule has 8 nitrogen and oxygen atoms in total. The van der Waals surface area contributed by atoms with Crippen LogP contribution >= 0.6 is 11.3 Å². The average Bonchev–Trinajstić information content (AvgIpc) is 3.22. The maximum atomic E-state index is 13.9. The summed E-state index contributed by atoms with van der Waals surface area (Å²) in [6.45, 7) is 0.651. The lowest BCUT2D eigenvalue weighted by Crippen LogP contribution is -2.59. The molecular formula is C30H25F2N3O5S. The summed E-state index contributed by atoms with van der Waals surface area (Å²) >= 11 is 1.16. The van der Waals surface area contributed by atoms with Crippen LogP contribution in [0.3, 0.4) is 0 Å². The molecule has 1 aromatic heterocycles. The van der Waals surface area contributed by atoms with Crippen LogP contribution in [-0.2, 0) is 4.79 Å². The number of carbonyl (C=O) groups excluding carboxylic acids is 1. The Balaban J connectivity index is 1.48. The molecule has 0 unspecified atom stereocenters. The number of para-hydroxylation sites is 2. The molecule has 3 atom stereocenters. The number of aromatic nitrogens is 1. The fraction of sp³-hybridized carbons (Fsp3) is 0.233. The second-order valence-electron chi connectivity index (χ2n) is 9.89. The molecule has 1 N–H and O–H groups in total. The first kappa shape index (κ1) is 26.7. The summed E-state index contributed by atoms with van der Waals surface area (Å²) in [5.41, 5.74) is 1.19. The third-order valence-electron chi connectivity index (χ3n) is 7.27. The predicted molar refractivity (Wildman–Crippen MR) is 149 cm³/mol. The summed E-state index contributed by atoms with van der Waals surface area (Å²) in [6, 6.07) is 18.5. The minimum atomic E-state index is -3.00. The van der Waals surface area contributed by atoms with Crippen LogP contribution in [0.5, 0.6) is 17.2 Å². The van der Waals surface area contributed by atoms with E-state index in [0.717, 1.165) is 16.9 Å². The van der Waals surface area contributed by atoms with Crippen molar-refractivity contribution >= 4 is 29.0 Å². The first-order valence-electron chi connectivity index (χ1n) is 12.8. The van der Waals surface area contributed by atoms with Crippen molar-refractivity contribution in [1.29, 1.82) is 0 Å². The Kier molecular flexibility index (Phi) is 6.61. The van der Waals surface area contributed by atoms with Gasteiger partial charge in [0.1, 0.15) is 11.7 Å². The van der Waals surface area contributed by atoms with Crippen molar-refractivity contribution in [2.24, 2.45) is 10.9 Å². The van der Waals surface area contributed by atoms with Gasteiger partial charge < -0.3 is 19.5 Å². The van der Waals surface area contributed by atoms with Gasteiger partial charge in [0.15, 0.2) is 16.3 Å². The lowest BCUT2D eigenvalue weighted by atomic mass is 9.80. The van der Waals surface area contributed by atoms with Crippen LogP contribution in [-0.4, -0.2) is 29.9 Å². The summed E-state index contributed by atoms with van der Waals surface area (Å²) in [7, 11) is 1.34. The van der Waals surface area contributed by atoms with Gasteiger partial charge in [-0.1, -0.05) is 53.8 Å². The van der Waals surface area contributed by atoms with Gasteiger partial charge in [-0.15, -0.1) is 0 Å². The van der Waals surface area contributed by atoms with Gasteiger partial charge in [-0.25, -0.2) is 4.99 Å². The Morgan fingerprint density at radius 2 is 1.90 bits per heavy atom.